The summed E-state index contributed by atoms with van der Waals surface area (Å²) in [6.45, 7) is 1.57. The lowest BCUT2D eigenvalue weighted by Crippen LogP contribution is -2.17. The van der Waals surface area contributed by atoms with E-state index in [0.29, 0.717) is 18.5 Å². The maximum absolute atomic E-state index is 5.92. The van der Waals surface area contributed by atoms with Gasteiger partial charge in [0.15, 0.2) is 5.58 Å². The van der Waals surface area contributed by atoms with Crippen LogP contribution in [-0.4, -0.2) is 18.1 Å². The normalized spacial score (nSPS) is 17.4. The summed E-state index contributed by atoms with van der Waals surface area (Å²) in [4.78, 5) is 6.78. The third-order valence-corrected chi connectivity index (χ3v) is 4.10. The standard InChI is InChI=1S/C17H17N3O/c18-10-9-12-11-20(15-7-3-1-5-13(12)15)17-19-14-6-2-4-8-16(14)21-17/h1-8,12H,9-11,18H2. The number of oxazole rings is 1. The van der Waals surface area contributed by atoms with Crippen LogP contribution >= 0.6 is 0 Å². The molecule has 1 atom stereocenters. The first kappa shape index (κ1) is 12.4. The number of hydrogen-bond donors (Lipinski definition) is 1. The number of para-hydroxylation sites is 3. The fourth-order valence-corrected chi connectivity index (χ4v) is 3.10. The molecule has 2 N–H and O–H groups in total. The number of aromatic nitrogens is 1. The average molecular weight is 279 g/mol. The van der Waals surface area contributed by atoms with Crippen LogP contribution in [0.5, 0.6) is 0 Å². The Morgan fingerprint density at radius 3 is 2.81 bits per heavy atom. The van der Waals surface area contributed by atoms with Crippen LogP contribution in [0.4, 0.5) is 11.7 Å². The largest absolute Gasteiger partial charge is 0.423 e. The van der Waals surface area contributed by atoms with E-state index < -0.39 is 0 Å². The van der Waals surface area contributed by atoms with E-state index in [1.165, 1.54) is 11.3 Å². The van der Waals surface area contributed by atoms with Crippen molar-refractivity contribution in [2.45, 2.75) is 12.3 Å². The Labute approximate surface area is 123 Å². The molecule has 0 bridgehead atoms. The lowest BCUT2D eigenvalue weighted by Gasteiger charge is -2.14. The molecular weight excluding hydrogens is 262 g/mol. The molecule has 1 aromatic heterocycles. The highest BCUT2D eigenvalue weighted by molar-refractivity contribution is 5.77. The number of rotatable bonds is 3. The molecule has 1 aliphatic heterocycles. The van der Waals surface area contributed by atoms with Crippen LogP contribution in [-0.2, 0) is 0 Å². The average Bonchev–Trinajstić information content (AvgIpc) is 3.09. The van der Waals surface area contributed by atoms with Crippen LogP contribution in [0.15, 0.2) is 52.9 Å². The molecule has 0 aliphatic carbocycles. The third kappa shape index (κ3) is 1.99. The van der Waals surface area contributed by atoms with Crippen molar-refractivity contribution in [2.24, 2.45) is 5.73 Å². The summed E-state index contributed by atoms with van der Waals surface area (Å²) in [6.07, 6.45) is 0.980. The molecule has 106 valence electrons. The molecule has 2 aromatic carbocycles. The second-order valence-electron chi connectivity index (χ2n) is 5.41. The van der Waals surface area contributed by atoms with E-state index in [1.807, 2.05) is 24.3 Å². The smallest absolute Gasteiger partial charge is 0.303 e. The van der Waals surface area contributed by atoms with Gasteiger partial charge in [0, 0.05) is 18.2 Å². The van der Waals surface area contributed by atoms with E-state index in [1.54, 1.807) is 0 Å². The zero-order valence-corrected chi connectivity index (χ0v) is 11.7. The highest BCUT2D eigenvalue weighted by Gasteiger charge is 2.31. The van der Waals surface area contributed by atoms with Gasteiger partial charge in [0.25, 0.3) is 0 Å². The summed E-state index contributed by atoms with van der Waals surface area (Å²) in [5.41, 5.74) is 10.00. The van der Waals surface area contributed by atoms with Crippen molar-refractivity contribution in [1.29, 1.82) is 0 Å². The number of nitrogens with two attached hydrogens (primary N) is 1. The highest BCUT2D eigenvalue weighted by Crippen LogP contribution is 2.42. The predicted octanol–water partition coefficient (Wildman–Crippen LogP) is 3.41. The summed E-state index contributed by atoms with van der Waals surface area (Å²) < 4.78 is 5.92. The van der Waals surface area contributed by atoms with Gasteiger partial charge in [-0.3, -0.25) is 4.90 Å². The number of benzene rings is 2. The Morgan fingerprint density at radius 1 is 1.14 bits per heavy atom. The highest BCUT2D eigenvalue weighted by atomic mass is 16.4. The van der Waals surface area contributed by atoms with Crippen LogP contribution in [0.3, 0.4) is 0 Å². The maximum atomic E-state index is 5.92. The Bertz CT molecular complexity index is 747. The van der Waals surface area contributed by atoms with Crippen molar-refractivity contribution in [2.75, 3.05) is 18.0 Å². The molecule has 2 heterocycles. The minimum Gasteiger partial charge on any atom is -0.423 e. The first-order chi connectivity index (χ1) is 10.4. The lowest BCUT2D eigenvalue weighted by molar-refractivity contribution is 0.581. The van der Waals surface area contributed by atoms with Crippen LogP contribution in [0.25, 0.3) is 11.1 Å². The van der Waals surface area contributed by atoms with E-state index in [9.17, 15) is 0 Å². The monoisotopic (exact) mass is 279 g/mol. The first-order valence-corrected chi connectivity index (χ1v) is 7.29. The Morgan fingerprint density at radius 2 is 1.95 bits per heavy atom. The number of nitrogens with zero attached hydrogens (tertiary/aromatic N) is 2. The van der Waals surface area contributed by atoms with Crippen molar-refractivity contribution >= 4 is 22.8 Å². The molecule has 1 aliphatic rings. The topological polar surface area (TPSA) is 55.3 Å². The Hall–Kier alpha value is -2.33. The van der Waals surface area contributed by atoms with Crippen molar-refractivity contribution in [3.63, 3.8) is 0 Å². The maximum Gasteiger partial charge on any atom is 0.303 e. The molecule has 0 amide bonds. The minimum atomic E-state index is 0.446. The van der Waals surface area contributed by atoms with Gasteiger partial charge >= 0.3 is 6.01 Å². The first-order valence-electron chi connectivity index (χ1n) is 7.29. The molecule has 4 rings (SSSR count). The zero-order chi connectivity index (χ0) is 14.2. The van der Waals surface area contributed by atoms with Gasteiger partial charge in [-0.15, -0.1) is 0 Å². The van der Waals surface area contributed by atoms with Gasteiger partial charge in [0.05, 0.1) is 0 Å². The predicted molar refractivity (Wildman–Crippen MR) is 83.9 cm³/mol. The second kappa shape index (κ2) is 4.90. The van der Waals surface area contributed by atoms with Crippen LogP contribution < -0.4 is 10.6 Å². The molecular formula is C17H17N3O. The van der Waals surface area contributed by atoms with Crippen LogP contribution in [0, 0.1) is 0 Å². The van der Waals surface area contributed by atoms with Crippen LogP contribution in [0.2, 0.25) is 0 Å². The lowest BCUT2D eigenvalue weighted by atomic mass is 9.98. The van der Waals surface area contributed by atoms with Crippen LogP contribution in [0.1, 0.15) is 17.9 Å². The molecule has 4 nitrogen and oxygen atoms in total. The van der Waals surface area contributed by atoms with E-state index in [2.05, 4.69) is 34.1 Å². The molecule has 0 saturated heterocycles. The molecule has 3 aromatic rings. The van der Waals surface area contributed by atoms with Crippen molar-refractivity contribution in [1.82, 2.24) is 4.98 Å². The quantitative estimate of drug-likeness (QED) is 0.798. The molecule has 0 spiro atoms. The van der Waals surface area contributed by atoms with E-state index in [-0.39, 0.29) is 0 Å². The minimum absolute atomic E-state index is 0.446. The van der Waals surface area contributed by atoms with E-state index in [0.717, 1.165) is 24.1 Å². The molecule has 4 heteroatoms. The van der Waals surface area contributed by atoms with Gasteiger partial charge in [-0.1, -0.05) is 30.3 Å². The summed E-state index contributed by atoms with van der Waals surface area (Å²) in [5, 5.41) is 0. The summed E-state index contributed by atoms with van der Waals surface area (Å²) in [5.74, 6) is 0.446. The van der Waals surface area contributed by atoms with Gasteiger partial charge in [-0.25, -0.2) is 0 Å². The molecule has 21 heavy (non-hydrogen) atoms. The van der Waals surface area contributed by atoms with E-state index in [4.69, 9.17) is 10.2 Å². The van der Waals surface area contributed by atoms with E-state index >= 15 is 0 Å². The molecule has 1 unspecified atom stereocenters. The Balaban J connectivity index is 1.78. The molecule has 0 fully saturated rings. The summed E-state index contributed by atoms with van der Waals surface area (Å²) >= 11 is 0. The third-order valence-electron chi connectivity index (χ3n) is 4.10. The van der Waals surface area contributed by atoms with Gasteiger partial charge < -0.3 is 10.2 Å². The summed E-state index contributed by atoms with van der Waals surface area (Å²) in [7, 11) is 0. The van der Waals surface area contributed by atoms with Crippen molar-refractivity contribution in [3.05, 3.63) is 54.1 Å². The second-order valence-corrected chi connectivity index (χ2v) is 5.41. The fraction of sp³-hybridized carbons (Fsp3) is 0.235. The summed E-state index contributed by atoms with van der Waals surface area (Å²) in [6, 6.07) is 17.0. The molecule has 0 saturated carbocycles. The number of fused-ring (bicyclic) bond motifs is 2. The number of hydrogen-bond acceptors (Lipinski definition) is 4. The van der Waals surface area contributed by atoms with Gasteiger partial charge in [0.1, 0.15) is 5.52 Å². The van der Waals surface area contributed by atoms with Gasteiger partial charge in [0.2, 0.25) is 0 Å². The molecule has 0 radical (unpaired) electrons. The SMILES string of the molecule is NCCC1CN(c2nc3ccccc3o2)c2ccccc21. The zero-order valence-electron chi connectivity index (χ0n) is 11.7. The van der Waals surface area contributed by atoms with Crippen molar-refractivity contribution < 1.29 is 4.42 Å². The Kier molecular flexibility index (Phi) is 2.89. The van der Waals surface area contributed by atoms with Gasteiger partial charge in [-0.2, -0.15) is 4.98 Å². The fourth-order valence-electron chi connectivity index (χ4n) is 3.10. The number of anilines is 2. The van der Waals surface area contributed by atoms with Crippen molar-refractivity contribution in [3.8, 4) is 0 Å². The van der Waals surface area contributed by atoms with Gasteiger partial charge in [-0.05, 0) is 36.7 Å².